The zero-order chi connectivity index (χ0) is 33.2. The molecule has 16 heteroatoms. The van der Waals surface area contributed by atoms with Crippen LogP contribution in [0.1, 0.15) is 78.3 Å². The lowest BCUT2D eigenvalue weighted by Gasteiger charge is -2.38. The van der Waals surface area contributed by atoms with Crippen LogP contribution in [0.4, 0.5) is 13.9 Å². The number of esters is 1. The molecule has 248 valence electrons. The topological polar surface area (TPSA) is 132 Å². The molecule has 2 saturated heterocycles. The van der Waals surface area contributed by atoms with Crippen molar-refractivity contribution in [3.05, 3.63) is 63.1 Å². The second kappa shape index (κ2) is 12.0. The summed E-state index contributed by atoms with van der Waals surface area (Å²) in [6, 6.07) is 7.08. The smallest absolute Gasteiger partial charge is 0.344 e. The van der Waals surface area contributed by atoms with Crippen molar-refractivity contribution in [1.82, 2.24) is 14.9 Å². The molecule has 3 fully saturated rings. The molecular weight excluding hydrogens is 697 g/mol. The Bertz CT molecular complexity index is 2000. The summed E-state index contributed by atoms with van der Waals surface area (Å²) in [6.45, 7) is 1.67. The average Bonchev–Trinajstić information content (AvgIpc) is 3.30. The molecule has 1 N–H and O–H groups in total. The lowest BCUT2D eigenvalue weighted by molar-refractivity contribution is 0.0198. The molecule has 4 aromatic rings. The number of halogens is 4. The maximum absolute atomic E-state index is 15.3. The number of benzene rings is 2. The Balaban J connectivity index is 1.11. The van der Waals surface area contributed by atoms with Gasteiger partial charge in [-0.25, -0.2) is 31.7 Å². The second-order valence-corrected chi connectivity index (χ2v) is 15.8. The Morgan fingerprint density at radius 3 is 2.49 bits per heavy atom. The lowest BCUT2D eigenvalue weighted by Crippen LogP contribution is -2.46. The molecule has 1 saturated carbocycles. The van der Waals surface area contributed by atoms with Crippen LogP contribution in [0.3, 0.4) is 0 Å². The molecule has 1 aliphatic carbocycles. The highest BCUT2D eigenvalue weighted by atomic mass is 35.5. The number of ether oxygens (including phenoxy) is 1. The summed E-state index contributed by atoms with van der Waals surface area (Å²) < 4.78 is 68.4. The third-order valence-electron chi connectivity index (χ3n) is 8.80. The molecule has 0 spiro atoms. The Kier molecular flexibility index (Phi) is 8.21. The monoisotopic (exact) mass is 724 g/mol. The number of hydrogen-bond donors (Lipinski definition) is 1. The van der Waals surface area contributed by atoms with Gasteiger partial charge in [-0.3, -0.25) is 4.79 Å². The normalized spacial score (nSPS) is 21.6. The van der Waals surface area contributed by atoms with Gasteiger partial charge in [0.15, 0.2) is 22.4 Å². The maximum Gasteiger partial charge on any atom is 0.344 e. The van der Waals surface area contributed by atoms with Gasteiger partial charge in [0, 0.05) is 36.1 Å². The predicted molar refractivity (Wildman–Crippen MR) is 173 cm³/mol. The minimum Gasteiger partial charge on any atom is -0.458 e. The fourth-order valence-electron chi connectivity index (χ4n) is 6.50. The average molecular weight is 726 g/mol. The molecule has 47 heavy (non-hydrogen) atoms. The molecule has 3 atom stereocenters. The van der Waals surface area contributed by atoms with Gasteiger partial charge in [-0.2, -0.15) is 0 Å². The van der Waals surface area contributed by atoms with Crippen molar-refractivity contribution >= 4 is 71.8 Å². The Hall–Kier alpha value is -3.33. The van der Waals surface area contributed by atoms with Crippen LogP contribution in [0, 0.1) is 5.82 Å². The lowest BCUT2D eigenvalue weighted by atomic mass is 9.99. The van der Waals surface area contributed by atoms with E-state index in [0.29, 0.717) is 29.1 Å². The fourth-order valence-corrected chi connectivity index (χ4v) is 9.28. The summed E-state index contributed by atoms with van der Waals surface area (Å²) in [6.07, 6.45) is 2.67. The van der Waals surface area contributed by atoms with E-state index in [1.807, 2.05) is 4.72 Å². The van der Waals surface area contributed by atoms with E-state index >= 15 is 8.78 Å². The molecule has 2 aliphatic heterocycles. The van der Waals surface area contributed by atoms with E-state index in [-0.39, 0.29) is 74.4 Å². The first-order chi connectivity index (χ1) is 22.4. The highest BCUT2D eigenvalue weighted by Crippen LogP contribution is 2.53. The van der Waals surface area contributed by atoms with Crippen LogP contribution in [0.5, 0.6) is 0 Å². The van der Waals surface area contributed by atoms with Gasteiger partial charge in [0.25, 0.3) is 5.91 Å². The van der Waals surface area contributed by atoms with Gasteiger partial charge in [-0.1, -0.05) is 52.7 Å². The number of thiazole rings is 1. The first-order valence-corrected chi connectivity index (χ1v) is 18.4. The van der Waals surface area contributed by atoms with Gasteiger partial charge in [-0.05, 0) is 56.4 Å². The number of rotatable bonds is 9. The highest BCUT2D eigenvalue weighted by Gasteiger charge is 2.53. The summed E-state index contributed by atoms with van der Waals surface area (Å²) in [5, 5.41) is 5.01. The predicted octanol–water partition coefficient (Wildman–Crippen LogP) is 7.18. The summed E-state index contributed by atoms with van der Waals surface area (Å²) in [7, 11) is -3.84. The highest BCUT2D eigenvalue weighted by molar-refractivity contribution is 7.90. The van der Waals surface area contributed by atoms with E-state index in [0.717, 1.165) is 18.9 Å². The largest absolute Gasteiger partial charge is 0.458 e. The summed E-state index contributed by atoms with van der Waals surface area (Å²) in [5.74, 6) is -2.84. The number of sulfonamides is 1. The minimum atomic E-state index is -3.84. The van der Waals surface area contributed by atoms with Gasteiger partial charge in [0.05, 0.1) is 20.5 Å². The van der Waals surface area contributed by atoms with Crippen molar-refractivity contribution in [3.63, 3.8) is 0 Å². The Morgan fingerprint density at radius 2 is 1.85 bits per heavy atom. The van der Waals surface area contributed by atoms with Crippen LogP contribution in [-0.2, 0) is 20.4 Å². The molecule has 10 nitrogen and oxygen atoms in total. The number of carbonyl (C=O) groups excluding carboxylic acids is 2. The second-order valence-electron chi connectivity index (χ2n) is 12.1. The zero-order valence-corrected chi connectivity index (χ0v) is 28.0. The molecule has 2 aromatic carbocycles. The van der Waals surface area contributed by atoms with E-state index in [2.05, 4.69) is 15.0 Å². The van der Waals surface area contributed by atoms with E-state index in [9.17, 15) is 18.0 Å². The van der Waals surface area contributed by atoms with E-state index in [1.54, 1.807) is 25.1 Å². The van der Waals surface area contributed by atoms with E-state index in [1.165, 1.54) is 17.4 Å². The van der Waals surface area contributed by atoms with Crippen molar-refractivity contribution < 1.29 is 36.0 Å². The van der Waals surface area contributed by atoms with Gasteiger partial charge >= 0.3 is 5.97 Å². The zero-order valence-electron chi connectivity index (χ0n) is 24.9. The quantitative estimate of drug-likeness (QED) is 0.178. The molecule has 3 aliphatic rings. The van der Waals surface area contributed by atoms with Crippen LogP contribution in [0.2, 0.25) is 10.0 Å². The summed E-state index contributed by atoms with van der Waals surface area (Å²) >= 11 is 14.0. The van der Waals surface area contributed by atoms with Crippen LogP contribution >= 0.6 is 34.5 Å². The van der Waals surface area contributed by atoms with Crippen molar-refractivity contribution in [2.24, 2.45) is 0 Å². The molecule has 7 rings (SSSR count). The number of hydrogen-bond acceptors (Lipinski definition) is 10. The first kappa shape index (κ1) is 32.2. The molecule has 1 unspecified atom stereocenters. The molecular formula is C31H28Cl2F2N4O6S2. The summed E-state index contributed by atoms with van der Waals surface area (Å²) in [4.78, 5) is 33.0. The van der Waals surface area contributed by atoms with Gasteiger partial charge in [0.1, 0.15) is 22.9 Å². The number of nitrogens with zero attached hydrogens (tertiary/aromatic N) is 3. The number of alkyl halides is 1. The van der Waals surface area contributed by atoms with Crippen LogP contribution in [-0.4, -0.2) is 54.4 Å². The number of nitrogens with one attached hydrogen (secondary N) is 1. The van der Waals surface area contributed by atoms with Crippen molar-refractivity contribution in [2.75, 3.05) is 10.7 Å². The summed E-state index contributed by atoms with van der Waals surface area (Å²) in [5.41, 5.74) is -1.70. The van der Waals surface area contributed by atoms with Crippen molar-refractivity contribution in [1.29, 1.82) is 0 Å². The minimum absolute atomic E-state index is 0.0254. The number of fused-ring (bicyclic) bond motifs is 3. The molecule has 1 amide bonds. The van der Waals surface area contributed by atoms with Crippen molar-refractivity contribution in [3.8, 4) is 11.3 Å². The van der Waals surface area contributed by atoms with Crippen molar-refractivity contribution in [2.45, 2.75) is 75.7 Å². The molecule has 2 bridgehead atoms. The number of aromatic nitrogens is 2. The molecule has 0 radical (unpaired) electrons. The Labute approximate surface area is 282 Å². The van der Waals surface area contributed by atoms with Crippen LogP contribution < -0.4 is 9.62 Å². The number of anilines is 1. The van der Waals surface area contributed by atoms with E-state index < -0.39 is 39.5 Å². The van der Waals surface area contributed by atoms with Gasteiger partial charge < -0.3 is 14.2 Å². The third kappa shape index (κ3) is 5.98. The fraction of sp³-hybridized carbons (Fsp3) is 0.419. The first-order valence-electron chi connectivity index (χ1n) is 15.1. The SMILES string of the molecule is CCCS(=O)(=O)NC(=O)c1cc(F)c2nc(N3[C@@H]4CC[C@H]3CC(OC(=O)c3c(-c5c(Cl)cccc5Cl)noc3C3(F)CC3)C4)sc2c1. The third-order valence-corrected chi connectivity index (χ3v) is 11.9. The standard InChI is InChI=1S/C31H28Cl2F2N4O6S2/c1-2-10-47(42,43)38-28(40)15-11-21(34)25-22(12-15)46-30(36-25)39-16-6-7-17(39)14-18(13-16)44-29(41)24-26(23-19(32)4-3-5-20(23)33)37-45-27(24)31(35)8-9-31/h3-5,11-12,16-18H,2,6-10,13-14H2,1H3,(H,38,40)/t16-,17+,18?. The number of carbonyl (C=O) groups is 2. The van der Waals surface area contributed by atoms with E-state index in [4.69, 9.17) is 32.5 Å². The van der Waals surface area contributed by atoms with Gasteiger partial charge in [-0.15, -0.1) is 0 Å². The van der Waals surface area contributed by atoms with Crippen LogP contribution in [0.25, 0.3) is 21.5 Å². The molecule has 2 aromatic heterocycles. The van der Waals surface area contributed by atoms with Gasteiger partial charge in [0.2, 0.25) is 10.0 Å². The maximum atomic E-state index is 15.3. The number of amides is 1. The molecule has 4 heterocycles. The number of piperidine rings is 1. The Morgan fingerprint density at radius 1 is 1.17 bits per heavy atom. The van der Waals surface area contributed by atoms with Crippen LogP contribution in [0.15, 0.2) is 34.9 Å².